The van der Waals surface area contributed by atoms with Crippen molar-refractivity contribution in [1.29, 1.82) is 5.26 Å². The van der Waals surface area contributed by atoms with Gasteiger partial charge in [-0.1, -0.05) is 0 Å². The van der Waals surface area contributed by atoms with E-state index in [1.807, 2.05) is 0 Å². The summed E-state index contributed by atoms with van der Waals surface area (Å²) in [5.74, 6) is -0.109. The number of aliphatic carboxylic acids is 1. The lowest BCUT2D eigenvalue weighted by atomic mass is 10.1. The molecule has 0 aliphatic carbocycles. The van der Waals surface area contributed by atoms with Crippen LogP contribution in [0.15, 0.2) is 18.2 Å². The first-order valence-corrected chi connectivity index (χ1v) is 7.18. The van der Waals surface area contributed by atoms with Gasteiger partial charge in [0.1, 0.15) is 6.04 Å². The number of rotatable bonds is 2. The molecule has 0 spiro atoms. The van der Waals surface area contributed by atoms with Crippen LogP contribution in [0.2, 0.25) is 0 Å². The van der Waals surface area contributed by atoms with Gasteiger partial charge >= 0.3 is 12.1 Å². The fourth-order valence-corrected chi connectivity index (χ4v) is 3.20. The number of hydrogen-bond acceptors (Lipinski definition) is 4. The lowest BCUT2D eigenvalue weighted by molar-refractivity contribution is -0.138. The second-order valence-electron chi connectivity index (χ2n) is 4.46. The Balaban J connectivity index is 2.44. The van der Waals surface area contributed by atoms with Crippen molar-refractivity contribution < 1.29 is 23.1 Å². The van der Waals surface area contributed by atoms with E-state index in [0.29, 0.717) is 18.1 Å². The molecule has 1 unspecified atom stereocenters. The average Bonchev–Trinajstić information content (AvgIpc) is 2.45. The molecule has 1 atom stereocenters. The Morgan fingerprint density at radius 3 is 2.76 bits per heavy atom. The molecule has 1 heterocycles. The van der Waals surface area contributed by atoms with E-state index in [9.17, 15) is 23.1 Å². The zero-order valence-corrected chi connectivity index (χ0v) is 11.5. The minimum atomic E-state index is -4.65. The minimum Gasteiger partial charge on any atom is -0.480 e. The molecule has 1 aromatic carbocycles. The number of carboxylic acid groups (broad SMARTS) is 1. The zero-order valence-electron chi connectivity index (χ0n) is 10.7. The van der Waals surface area contributed by atoms with Crippen LogP contribution in [-0.4, -0.2) is 35.2 Å². The summed E-state index contributed by atoms with van der Waals surface area (Å²) in [6, 6.07) is 3.94. The highest BCUT2D eigenvalue weighted by Gasteiger charge is 2.36. The van der Waals surface area contributed by atoms with Crippen LogP contribution in [0.1, 0.15) is 11.1 Å². The number of nitrogens with zero attached hydrogens (tertiary/aromatic N) is 2. The van der Waals surface area contributed by atoms with E-state index in [-0.39, 0.29) is 5.69 Å². The lowest BCUT2D eigenvalue weighted by Gasteiger charge is -2.34. The van der Waals surface area contributed by atoms with Crippen LogP contribution < -0.4 is 4.90 Å². The van der Waals surface area contributed by atoms with Gasteiger partial charge in [0, 0.05) is 23.7 Å². The second-order valence-corrected chi connectivity index (χ2v) is 5.61. The average molecular weight is 316 g/mol. The molecule has 1 N–H and O–H groups in total. The van der Waals surface area contributed by atoms with Gasteiger partial charge in [-0.25, -0.2) is 4.79 Å². The normalized spacial score (nSPS) is 19.1. The first kappa shape index (κ1) is 15.5. The summed E-state index contributed by atoms with van der Waals surface area (Å²) >= 11 is 1.45. The minimum absolute atomic E-state index is 0.175. The molecule has 0 amide bonds. The summed E-state index contributed by atoms with van der Waals surface area (Å²) < 4.78 is 38.8. The molecule has 8 heteroatoms. The van der Waals surface area contributed by atoms with Crippen LogP contribution in [0.25, 0.3) is 0 Å². The summed E-state index contributed by atoms with van der Waals surface area (Å²) in [5, 5.41) is 17.9. The van der Waals surface area contributed by atoms with Crippen LogP contribution in [0.5, 0.6) is 0 Å². The highest BCUT2D eigenvalue weighted by atomic mass is 32.2. The molecule has 1 aliphatic rings. The van der Waals surface area contributed by atoms with E-state index < -0.39 is 29.3 Å². The van der Waals surface area contributed by atoms with Gasteiger partial charge < -0.3 is 10.0 Å². The first-order valence-electron chi connectivity index (χ1n) is 6.03. The van der Waals surface area contributed by atoms with Crippen molar-refractivity contribution in [2.75, 3.05) is 23.0 Å². The predicted molar refractivity (Wildman–Crippen MR) is 72.3 cm³/mol. The number of nitriles is 1. The molecular formula is C13H11F3N2O2S. The van der Waals surface area contributed by atoms with Crippen molar-refractivity contribution in [3.05, 3.63) is 29.3 Å². The Labute approximate surface area is 123 Å². The van der Waals surface area contributed by atoms with Crippen molar-refractivity contribution >= 4 is 23.4 Å². The lowest BCUT2D eigenvalue weighted by Crippen LogP contribution is -2.47. The maximum atomic E-state index is 12.9. The third-order valence-corrected chi connectivity index (χ3v) is 4.20. The van der Waals surface area contributed by atoms with Gasteiger partial charge in [0.15, 0.2) is 0 Å². The number of anilines is 1. The fraction of sp³-hybridized carbons (Fsp3) is 0.385. The van der Waals surface area contributed by atoms with Crippen LogP contribution in [-0.2, 0) is 11.0 Å². The van der Waals surface area contributed by atoms with Crippen molar-refractivity contribution in [3.63, 3.8) is 0 Å². The highest BCUT2D eigenvalue weighted by molar-refractivity contribution is 7.99. The number of carboxylic acids is 1. The Hall–Kier alpha value is -1.88. The van der Waals surface area contributed by atoms with E-state index >= 15 is 0 Å². The van der Waals surface area contributed by atoms with Crippen LogP contribution in [0.4, 0.5) is 18.9 Å². The van der Waals surface area contributed by atoms with E-state index in [4.69, 9.17) is 5.26 Å². The molecule has 0 saturated carbocycles. The molecule has 0 radical (unpaired) electrons. The molecule has 0 bridgehead atoms. The SMILES string of the molecule is N#Cc1ccc(N2CCSCC2C(=O)O)cc1C(F)(F)F. The Bertz CT molecular complexity index is 598. The molecular weight excluding hydrogens is 305 g/mol. The molecule has 1 saturated heterocycles. The first-order chi connectivity index (χ1) is 9.84. The number of alkyl halides is 3. The number of benzene rings is 1. The summed E-state index contributed by atoms with van der Waals surface area (Å²) in [6.07, 6.45) is -4.65. The van der Waals surface area contributed by atoms with Gasteiger partial charge in [-0.15, -0.1) is 0 Å². The van der Waals surface area contributed by atoms with Gasteiger partial charge in [-0.2, -0.15) is 30.2 Å². The zero-order chi connectivity index (χ0) is 15.6. The molecule has 2 rings (SSSR count). The Kier molecular flexibility index (Phi) is 4.32. The molecule has 1 fully saturated rings. The molecule has 4 nitrogen and oxygen atoms in total. The second kappa shape index (κ2) is 5.85. The van der Waals surface area contributed by atoms with E-state index in [2.05, 4.69) is 0 Å². The summed E-state index contributed by atoms with van der Waals surface area (Å²) in [5.41, 5.74) is -1.33. The molecule has 1 aromatic rings. The highest BCUT2D eigenvalue weighted by Crippen LogP contribution is 2.35. The number of thioether (sulfide) groups is 1. The third-order valence-electron chi connectivity index (χ3n) is 3.17. The van der Waals surface area contributed by atoms with E-state index in [0.717, 1.165) is 12.1 Å². The maximum Gasteiger partial charge on any atom is 0.417 e. The maximum absolute atomic E-state index is 12.9. The van der Waals surface area contributed by atoms with Gasteiger partial charge in [-0.3, -0.25) is 0 Å². The van der Waals surface area contributed by atoms with Crippen molar-refractivity contribution in [2.24, 2.45) is 0 Å². The Morgan fingerprint density at radius 2 is 2.19 bits per heavy atom. The predicted octanol–water partition coefficient (Wildman–Crippen LogP) is 2.58. The summed E-state index contributed by atoms with van der Waals surface area (Å²) in [4.78, 5) is 12.7. The monoisotopic (exact) mass is 316 g/mol. The number of halogens is 3. The van der Waals surface area contributed by atoms with Crippen molar-refractivity contribution in [3.8, 4) is 6.07 Å². The Morgan fingerprint density at radius 1 is 1.48 bits per heavy atom. The van der Waals surface area contributed by atoms with E-state index in [1.54, 1.807) is 0 Å². The third kappa shape index (κ3) is 3.24. The number of carbonyl (C=O) groups is 1. The van der Waals surface area contributed by atoms with Crippen molar-refractivity contribution in [1.82, 2.24) is 0 Å². The van der Waals surface area contributed by atoms with Gasteiger partial charge in [0.2, 0.25) is 0 Å². The topological polar surface area (TPSA) is 64.3 Å². The van der Waals surface area contributed by atoms with Gasteiger partial charge in [0.05, 0.1) is 17.2 Å². The summed E-state index contributed by atoms with van der Waals surface area (Å²) in [6.45, 7) is 0.352. The van der Waals surface area contributed by atoms with Gasteiger partial charge in [-0.05, 0) is 18.2 Å². The van der Waals surface area contributed by atoms with Crippen molar-refractivity contribution in [2.45, 2.75) is 12.2 Å². The molecule has 0 aromatic heterocycles. The van der Waals surface area contributed by atoms with E-state index in [1.165, 1.54) is 28.8 Å². The molecule has 1 aliphatic heterocycles. The van der Waals surface area contributed by atoms with Gasteiger partial charge in [0.25, 0.3) is 0 Å². The molecule has 21 heavy (non-hydrogen) atoms. The van der Waals surface area contributed by atoms with Crippen LogP contribution in [0.3, 0.4) is 0 Å². The standard InChI is InChI=1S/C13H11F3N2O2S/c14-13(15,16)10-5-9(2-1-8(10)6-17)18-3-4-21-7-11(18)12(19)20/h1-2,5,11H,3-4,7H2,(H,19,20). The quantitative estimate of drug-likeness (QED) is 0.908. The van der Waals surface area contributed by atoms with Crippen LogP contribution in [0, 0.1) is 11.3 Å². The largest absolute Gasteiger partial charge is 0.480 e. The van der Waals surface area contributed by atoms with Crippen LogP contribution >= 0.6 is 11.8 Å². The number of hydrogen-bond donors (Lipinski definition) is 1. The summed E-state index contributed by atoms with van der Waals surface area (Å²) in [7, 11) is 0. The fourth-order valence-electron chi connectivity index (χ4n) is 2.16. The molecule has 112 valence electrons. The smallest absolute Gasteiger partial charge is 0.417 e.